The fraction of sp³-hybridized carbons (Fsp3) is 0.533. The van der Waals surface area contributed by atoms with Gasteiger partial charge in [-0.2, -0.15) is 0 Å². The lowest BCUT2D eigenvalue weighted by Crippen LogP contribution is -2.47. The van der Waals surface area contributed by atoms with Crippen molar-refractivity contribution < 1.29 is 4.79 Å². The zero-order valence-electron chi connectivity index (χ0n) is 11.6. The third-order valence-corrected chi connectivity index (χ3v) is 5.23. The number of anilines is 1. The first-order valence-corrected chi connectivity index (χ1v) is 8.57. The summed E-state index contributed by atoms with van der Waals surface area (Å²) >= 11 is 6.89. The molecule has 0 heterocycles. The first-order chi connectivity index (χ1) is 9.54. The molecule has 0 bridgehead atoms. The van der Waals surface area contributed by atoms with Crippen molar-refractivity contribution in [1.82, 2.24) is 5.32 Å². The van der Waals surface area contributed by atoms with E-state index in [1.54, 1.807) is 0 Å². The van der Waals surface area contributed by atoms with Gasteiger partial charge in [0.25, 0.3) is 0 Å². The quantitative estimate of drug-likeness (QED) is 0.778. The van der Waals surface area contributed by atoms with Crippen LogP contribution < -0.4 is 10.6 Å². The number of amides is 1. The van der Waals surface area contributed by atoms with Crippen LogP contribution >= 0.6 is 31.9 Å². The van der Waals surface area contributed by atoms with Crippen LogP contribution in [0.25, 0.3) is 0 Å². The number of halogens is 2. The van der Waals surface area contributed by atoms with Gasteiger partial charge in [0.15, 0.2) is 0 Å². The van der Waals surface area contributed by atoms with Gasteiger partial charge in [-0.1, -0.05) is 35.2 Å². The van der Waals surface area contributed by atoms with Gasteiger partial charge in [0.05, 0.1) is 5.69 Å². The monoisotopic (exact) mass is 402 g/mol. The van der Waals surface area contributed by atoms with Crippen molar-refractivity contribution >= 4 is 43.5 Å². The molecule has 0 aromatic heterocycles. The minimum atomic E-state index is -0.0270. The summed E-state index contributed by atoms with van der Waals surface area (Å²) in [6, 6.07) is 5.78. The molecule has 1 aromatic carbocycles. The molecule has 0 spiro atoms. The molecule has 110 valence electrons. The van der Waals surface area contributed by atoms with Crippen molar-refractivity contribution in [1.29, 1.82) is 0 Å². The van der Waals surface area contributed by atoms with Gasteiger partial charge in [0, 0.05) is 20.9 Å². The van der Waals surface area contributed by atoms with Crippen molar-refractivity contribution in [3.05, 3.63) is 27.1 Å². The van der Waals surface area contributed by atoms with Crippen molar-refractivity contribution in [3.63, 3.8) is 0 Å². The fourth-order valence-electron chi connectivity index (χ4n) is 2.84. The molecule has 20 heavy (non-hydrogen) atoms. The van der Waals surface area contributed by atoms with Gasteiger partial charge in [0.2, 0.25) is 5.91 Å². The summed E-state index contributed by atoms with van der Waals surface area (Å²) in [4.78, 5) is 12.3. The van der Waals surface area contributed by atoms with Gasteiger partial charge in [-0.05, 0) is 54.0 Å². The van der Waals surface area contributed by atoms with E-state index >= 15 is 0 Å². The molecule has 0 aliphatic heterocycles. The van der Waals surface area contributed by atoms with E-state index in [-0.39, 0.29) is 11.4 Å². The van der Waals surface area contributed by atoms with E-state index < -0.39 is 0 Å². The number of hydrogen-bond donors (Lipinski definition) is 2. The summed E-state index contributed by atoms with van der Waals surface area (Å²) in [5, 5.41) is 6.38. The molecule has 3 nitrogen and oxygen atoms in total. The van der Waals surface area contributed by atoms with Crippen LogP contribution in [-0.2, 0) is 4.79 Å². The van der Waals surface area contributed by atoms with Gasteiger partial charge >= 0.3 is 0 Å². The summed E-state index contributed by atoms with van der Waals surface area (Å²) < 4.78 is 1.85. The van der Waals surface area contributed by atoms with E-state index in [1.807, 2.05) is 25.2 Å². The largest absolute Gasteiger partial charge is 0.325 e. The molecular weight excluding hydrogens is 384 g/mol. The van der Waals surface area contributed by atoms with E-state index in [2.05, 4.69) is 42.5 Å². The standard InChI is InChI=1S/C15H20Br2N2O/c1-18-15(7-3-2-4-8-15)10-14(20)19-13-9-11(16)5-6-12(13)17/h5-6,9,18H,2-4,7-8,10H2,1H3,(H,19,20). The lowest BCUT2D eigenvalue weighted by Gasteiger charge is -2.36. The highest BCUT2D eigenvalue weighted by molar-refractivity contribution is 9.11. The number of carbonyl (C=O) groups is 1. The molecule has 1 saturated carbocycles. The zero-order valence-corrected chi connectivity index (χ0v) is 14.8. The Bertz CT molecular complexity index is 485. The maximum Gasteiger partial charge on any atom is 0.226 e. The van der Waals surface area contributed by atoms with Crippen LogP contribution in [0.15, 0.2) is 27.1 Å². The third-order valence-electron chi connectivity index (χ3n) is 4.04. The van der Waals surface area contributed by atoms with Crippen LogP contribution in [0.4, 0.5) is 5.69 Å². The highest BCUT2D eigenvalue weighted by atomic mass is 79.9. The molecule has 0 unspecified atom stereocenters. The van der Waals surface area contributed by atoms with E-state index in [0.717, 1.165) is 27.5 Å². The summed E-state index contributed by atoms with van der Waals surface area (Å²) in [5.41, 5.74) is 0.785. The van der Waals surface area contributed by atoms with Gasteiger partial charge in [0.1, 0.15) is 0 Å². The summed E-state index contributed by atoms with van der Waals surface area (Å²) in [6.45, 7) is 0. The Kier molecular flexibility index (Phi) is 5.64. The molecule has 1 fully saturated rings. The van der Waals surface area contributed by atoms with Crippen molar-refractivity contribution in [3.8, 4) is 0 Å². The van der Waals surface area contributed by atoms with E-state index in [9.17, 15) is 4.79 Å². The number of hydrogen-bond acceptors (Lipinski definition) is 2. The second-order valence-electron chi connectivity index (χ2n) is 5.44. The van der Waals surface area contributed by atoms with E-state index in [0.29, 0.717) is 6.42 Å². The number of carbonyl (C=O) groups excluding carboxylic acids is 1. The molecule has 2 N–H and O–H groups in total. The van der Waals surface area contributed by atoms with Gasteiger partial charge in [-0.3, -0.25) is 4.79 Å². The second-order valence-corrected chi connectivity index (χ2v) is 7.21. The Morgan fingerprint density at radius 3 is 2.60 bits per heavy atom. The van der Waals surface area contributed by atoms with Crippen LogP contribution in [0, 0.1) is 0 Å². The highest BCUT2D eigenvalue weighted by Crippen LogP contribution is 2.32. The average molecular weight is 404 g/mol. The first kappa shape index (κ1) is 16.0. The van der Waals surface area contributed by atoms with Gasteiger partial charge in [-0.15, -0.1) is 0 Å². The first-order valence-electron chi connectivity index (χ1n) is 6.98. The molecule has 5 heteroatoms. The lowest BCUT2D eigenvalue weighted by atomic mass is 9.79. The molecule has 2 rings (SSSR count). The van der Waals surface area contributed by atoms with Crippen LogP contribution in [0.5, 0.6) is 0 Å². The number of nitrogens with one attached hydrogen (secondary N) is 2. The molecule has 1 aliphatic rings. The topological polar surface area (TPSA) is 41.1 Å². The predicted octanol–water partition coefficient (Wildman–Crippen LogP) is 4.46. The van der Waals surface area contributed by atoms with E-state index in [1.165, 1.54) is 19.3 Å². The summed E-state index contributed by atoms with van der Waals surface area (Å²) in [5.74, 6) is 0.0695. The van der Waals surface area contributed by atoms with Crippen molar-refractivity contribution in [2.75, 3.05) is 12.4 Å². The van der Waals surface area contributed by atoms with Crippen molar-refractivity contribution in [2.24, 2.45) is 0 Å². The Morgan fingerprint density at radius 2 is 1.95 bits per heavy atom. The summed E-state index contributed by atoms with van der Waals surface area (Å²) in [6.07, 6.45) is 6.38. The lowest BCUT2D eigenvalue weighted by molar-refractivity contribution is -0.117. The van der Waals surface area contributed by atoms with Crippen LogP contribution in [0.3, 0.4) is 0 Å². The SMILES string of the molecule is CNC1(CC(=O)Nc2cc(Br)ccc2Br)CCCCC1. The normalized spacial score (nSPS) is 17.8. The van der Waals surface area contributed by atoms with Crippen molar-refractivity contribution in [2.45, 2.75) is 44.1 Å². The molecule has 1 aromatic rings. The minimum Gasteiger partial charge on any atom is -0.325 e. The Labute approximate surface area is 137 Å². The average Bonchev–Trinajstić information content (AvgIpc) is 2.44. The Balaban J connectivity index is 2.02. The van der Waals surface area contributed by atoms with E-state index in [4.69, 9.17) is 0 Å². The minimum absolute atomic E-state index is 0.0270. The number of rotatable bonds is 4. The smallest absolute Gasteiger partial charge is 0.226 e. The molecular formula is C15H20Br2N2O. The van der Waals surface area contributed by atoms with Crippen LogP contribution in [0.2, 0.25) is 0 Å². The van der Waals surface area contributed by atoms with Crippen LogP contribution in [-0.4, -0.2) is 18.5 Å². The second kappa shape index (κ2) is 7.05. The van der Waals surface area contributed by atoms with Gasteiger partial charge < -0.3 is 10.6 Å². The molecule has 1 amide bonds. The third kappa shape index (κ3) is 4.06. The summed E-state index contributed by atoms with van der Waals surface area (Å²) in [7, 11) is 1.97. The number of benzene rings is 1. The Morgan fingerprint density at radius 1 is 1.25 bits per heavy atom. The molecule has 0 radical (unpaired) electrons. The molecule has 0 saturated heterocycles. The molecule has 0 atom stereocenters. The maximum atomic E-state index is 12.3. The van der Waals surface area contributed by atoms with Crippen LogP contribution in [0.1, 0.15) is 38.5 Å². The zero-order chi connectivity index (χ0) is 14.6. The molecule has 1 aliphatic carbocycles. The predicted molar refractivity (Wildman–Crippen MR) is 90.0 cm³/mol. The maximum absolute atomic E-state index is 12.3. The van der Waals surface area contributed by atoms with Gasteiger partial charge in [-0.25, -0.2) is 0 Å². The Hall–Kier alpha value is -0.390. The fourth-order valence-corrected chi connectivity index (χ4v) is 3.55. The highest BCUT2D eigenvalue weighted by Gasteiger charge is 2.32.